The maximum Gasteiger partial charge on any atom is 0.521 e. The summed E-state index contributed by atoms with van der Waals surface area (Å²) in [7, 11) is 0. The van der Waals surface area contributed by atoms with E-state index in [-0.39, 0.29) is 18.7 Å². The average Bonchev–Trinajstić information content (AvgIpc) is 3.02. The van der Waals surface area contributed by atoms with E-state index in [1.807, 2.05) is 0 Å². The number of likely N-dealkylation sites (tertiary alicyclic amines) is 1. The van der Waals surface area contributed by atoms with Crippen LogP contribution in [-0.4, -0.2) is 61.5 Å². The molecule has 146 valence electrons. The minimum absolute atomic E-state index is 0.151. The number of benzene rings is 1. The van der Waals surface area contributed by atoms with Crippen LogP contribution in [-0.2, 0) is 9.59 Å². The lowest BCUT2D eigenvalue weighted by molar-refractivity contribution is -0.793. The van der Waals surface area contributed by atoms with Gasteiger partial charge in [0.15, 0.2) is 5.78 Å². The summed E-state index contributed by atoms with van der Waals surface area (Å²) in [4.78, 5) is 49.3. The maximum absolute atomic E-state index is 13.4. The molecule has 1 fully saturated rings. The number of hydrogen-bond donors (Lipinski definition) is 2. The molecule has 1 aliphatic rings. The number of nitrogens with zero attached hydrogens (tertiary/aromatic N) is 1. The molecule has 0 saturated carbocycles. The van der Waals surface area contributed by atoms with E-state index in [2.05, 4.69) is 0 Å². The predicted molar refractivity (Wildman–Crippen MR) is 101 cm³/mol. The number of thioether (sulfide) groups is 1. The van der Waals surface area contributed by atoms with Crippen molar-refractivity contribution < 1.29 is 33.9 Å². The molecule has 2 amide bonds. The van der Waals surface area contributed by atoms with Crippen molar-refractivity contribution in [3.05, 3.63) is 35.9 Å². The standard InChI is InChI=1S/C19H23NO6S/c1-13-7-6-10-20(13,18(25)26)17(24)19(2,27-12-16(22)23)11-15(21)14-8-4-3-5-9-14/h3-5,8-9,13H,6-7,10-12H2,1-2H3,(H-,22,23,25,26)/p+1/t13-,19?,20?/m1/s1. The number of hydrogen-bond acceptors (Lipinski definition) is 5. The Labute approximate surface area is 161 Å². The molecular weight excluding hydrogens is 370 g/mol. The van der Waals surface area contributed by atoms with Crippen LogP contribution in [0.2, 0.25) is 0 Å². The Morgan fingerprint density at radius 2 is 1.81 bits per heavy atom. The van der Waals surface area contributed by atoms with Gasteiger partial charge in [-0.1, -0.05) is 30.3 Å². The van der Waals surface area contributed by atoms with E-state index in [0.29, 0.717) is 18.4 Å². The first kappa shape index (κ1) is 21.1. The second-order valence-electron chi connectivity index (χ2n) is 7.05. The fraction of sp³-hybridized carbons (Fsp3) is 0.474. The van der Waals surface area contributed by atoms with Crippen LogP contribution in [0.15, 0.2) is 30.3 Å². The highest BCUT2D eigenvalue weighted by atomic mass is 32.2. The largest absolute Gasteiger partial charge is 0.521 e. The third kappa shape index (κ3) is 4.22. The van der Waals surface area contributed by atoms with Crippen molar-refractivity contribution in [2.24, 2.45) is 0 Å². The normalized spacial score (nSPS) is 24.1. The Morgan fingerprint density at radius 1 is 1.19 bits per heavy atom. The van der Waals surface area contributed by atoms with Crippen LogP contribution in [0.4, 0.5) is 4.79 Å². The van der Waals surface area contributed by atoms with E-state index >= 15 is 0 Å². The van der Waals surface area contributed by atoms with E-state index in [9.17, 15) is 24.3 Å². The molecule has 8 heteroatoms. The van der Waals surface area contributed by atoms with E-state index < -0.39 is 39.0 Å². The predicted octanol–water partition coefficient (Wildman–Crippen LogP) is 3.04. The smallest absolute Gasteiger partial charge is 0.481 e. The molecule has 0 spiro atoms. The molecule has 2 rings (SSSR count). The first-order valence-electron chi connectivity index (χ1n) is 8.74. The van der Waals surface area contributed by atoms with Crippen LogP contribution in [0.5, 0.6) is 0 Å². The van der Waals surface area contributed by atoms with Gasteiger partial charge in [-0.05, 0) is 13.8 Å². The molecule has 1 aliphatic heterocycles. The summed E-state index contributed by atoms with van der Waals surface area (Å²) >= 11 is 0.819. The number of carboxylic acids is 1. The zero-order valence-electron chi connectivity index (χ0n) is 15.4. The molecule has 7 nitrogen and oxygen atoms in total. The van der Waals surface area contributed by atoms with Crippen LogP contribution >= 0.6 is 11.8 Å². The SMILES string of the molecule is C[C@@H]1CCC[N+]1(C(=O)O)C(=O)C(C)(CC(=O)c1ccccc1)SCC(=O)O. The van der Waals surface area contributed by atoms with Crippen molar-refractivity contribution >= 4 is 35.5 Å². The second-order valence-corrected chi connectivity index (χ2v) is 8.53. The Hall–Kier alpha value is -2.19. The number of carboxylic acid groups (broad SMARTS) is 2. The number of aliphatic carboxylic acids is 1. The van der Waals surface area contributed by atoms with Gasteiger partial charge in [0.25, 0.3) is 0 Å². The number of Topliss-reactive ketones (excluding diaryl/α,β-unsaturated/α-hetero) is 1. The van der Waals surface area contributed by atoms with Gasteiger partial charge in [-0.15, -0.1) is 11.8 Å². The highest BCUT2D eigenvalue weighted by Crippen LogP contribution is 2.39. The van der Waals surface area contributed by atoms with E-state index in [1.165, 1.54) is 6.92 Å². The molecule has 1 heterocycles. The molecule has 2 unspecified atom stereocenters. The summed E-state index contributed by atoms with van der Waals surface area (Å²) in [6, 6.07) is 7.97. The van der Waals surface area contributed by atoms with E-state index in [0.717, 1.165) is 11.8 Å². The van der Waals surface area contributed by atoms with Crippen LogP contribution in [0, 0.1) is 0 Å². The molecule has 2 N–H and O–H groups in total. The van der Waals surface area contributed by atoms with Gasteiger partial charge in [-0.25, -0.2) is 4.79 Å². The first-order chi connectivity index (χ1) is 12.6. The third-order valence-corrected chi connectivity index (χ3v) is 6.50. The first-order valence-corrected chi connectivity index (χ1v) is 9.72. The summed E-state index contributed by atoms with van der Waals surface area (Å²) in [6.07, 6.45) is -0.330. The molecule has 3 atom stereocenters. The zero-order chi connectivity index (χ0) is 20.2. The highest BCUT2D eigenvalue weighted by molar-refractivity contribution is 8.02. The molecular formula is C19H24NO6S+. The third-order valence-electron chi connectivity index (χ3n) is 5.15. The van der Waals surface area contributed by atoms with Gasteiger partial charge in [-0.3, -0.25) is 9.59 Å². The lowest BCUT2D eigenvalue weighted by Crippen LogP contribution is -2.64. The number of amides is 2. The maximum atomic E-state index is 13.4. The van der Waals surface area contributed by atoms with Crippen molar-refractivity contribution in [3.63, 3.8) is 0 Å². The Kier molecular flexibility index (Phi) is 6.43. The number of quaternary nitrogens is 1. The van der Waals surface area contributed by atoms with E-state index in [1.54, 1.807) is 37.3 Å². The summed E-state index contributed by atoms with van der Waals surface area (Å²) in [5, 5.41) is 18.9. The van der Waals surface area contributed by atoms with Gasteiger partial charge in [-0.2, -0.15) is 9.28 Å². The summed E-state index contributed by atoms with van der Waals surface area (Å²) in [5.41, 5.74) is 0.406. The molecule has 1 aromatic rings. The van der Waals surface area contributed by atoms with Crippen LogP contribution < -0.4 is 0 Å². The second kappa shape index (κ2) is 8.22. The van der Waals surface area contributed by atoms with Crippen molar-refractivity contribution in [1.82, 2.24) is 0 Å². The molecule has 1 aromatic carbocycles. The molecule has 27 heavy (non-hydrogen) atoms. The molecule has 1 saturated heterocycles. The topological polar surface area (TPSA) is 109 Å². The fourth-order valence-electron chi connectivity index (χ4n) is 3.61. The Balaban J connectivity index is 2.40. The van der Waals surface area contributed by atoms with Gasteiger partial charge in [0, 0.05) is 24.8 Å². The van der Waals surface area contributed by atoms with Crippen molar-refractivity contribution in [2.75, 3.05) is 12.3 Å². The minimum Gasteiger partial charge on any atom is -0.481 e. The van der Waals surface area contributed by atoms with Crippen molar-refractivity contribution in [1.29, 1.82) is 0 Å². The summed E-state index contributed by atoms with van der Waals surface area (Å²) in [6.45, 7) is 3.34. The van der Waals surface area contributed by atoms with Gasteiger partial charge in [0.05, 0.1) is 12.3 Å². The quantitative estimate of drug-likeness (QED) is 0.540. The van der Waals surface area contributed by atoms with Crippen LogP contribution in [0.25, 0.3) is 0 Å². The Bertz CT molecular complexity index is 752. The van der Waals surface area contributed by atoms with Gasteiger partial charge >= 0.3 is 18.0 Å². The summed E-state index contributed by atoms with van der Waals surface area (Å²) in [5.74, 6) is -2.45. The summed E-state index contributed by atoms with van der Waals surface area (Å²) < 4.78 is -2.21. The van der Waals surface area contributed by atoms with Gasteiger partial charge in [0.1, 0.15) is 10.8 Å². The molecule has 0 radical (unpaired) electrons. The van der Waals surface area contributed by atoms with E-state index in [4.69, 9.17) is 5.11 Å². The number of rotatable bonds is 7. The van der Waals surface area contributed by atoms with Crippen LogP contribution in [0.3, 0.4) is 0 Å². The van der Waals surface area contributed by atoms with Crippen LogP contribution in [0.1, 0.15) is 43.5 Å². The van der Waals surface area contributed by atoms with Crippen molar-refractivity contribution in [2.45, 2.75) is 43.9 Å². The lowest BCUT2D eigenvalue weighted by atomic mass is 9.96. The van der Waals surface area contributed by atoms with Crippen molar-refractivity contribution in [3.8, 4) is 0 Å². The Morgan fingerprint density at radius 3 is 2.30 bits per heavy atom. The molecule has 0 aromatic heterocycles. The number of imide groups is 1. The number of carbonyl (C=O) groups is 4. The number of ketones is 1. The van der Waals surface area contributed by atoms with Gasteiger partial charge < -0.3 is 10.2 Å². The monoisotopic (exact) mass is 394 g/mol. The lowest BCUT2D eigenvalue weighted by Gasteiger charge is -2.37. The molecule has 0 bridgehead atoms. The zero-order valence-corrected chi connectivity index (χ0v) is 16.2. The molecule has 0 aliphatic carbocycles. The number of carbonyl (C=O) groups excluding carboxylic acids is 2. The highest BCUT2D eigenvalue weighted by Gasteiger charge is 2.59. The minimum atomic E-state index is -1.46. The average molecular weight is 394 g/mol. The van der Waals surface area contributed by atoms with Gasteiger partial charge in [0.2, 0.25) is 0 Å². The fourth-order valence-corrected chi connectivity index (χ4v) is 4.58.